The summed E-state index contributed by atoms with van der Waals surface area (Å²) in [6.45, 7) is 2.53. The highest BCUT2D eigenvalue weighted by Gasteiger charge is 2.20. The molecule has 2 aromatic carbocycles. The predicted octanol–water partition coefficient (Wildman–Crippen LogP) is 4.70. The molecule has 0 unspecified atom stereocenters. The van der Waals surface area contributed by atoms with Gasteiger partial charge in [-0.2, -0.15) is 0 Å². The highest BCUT2D eigenvalue weighted by Crippen LogP contribution is 2.22. The van der Waals surface area contributed by atoms with Gasteiger partial charge in [0.2, 0.25) is 5.91 Å². The summed E-state index contributed by atoms with van der Waals surface area (Å²) in [5, 5.41) is 6.64. The normalized spacial score (nSPS) is 15.2. The number of hydrogen-bond acceptors (Lipinski definition) is 4. The number of hydrogen-bond donors (Lipinski definition) is 2. The number of rotatable bonds is 9. The smallest absolute Gasteiger partial charge is 0.241 e. The summed E-state index contributed by atoms with van der Waals surface area (Å²) in [4.78, 5) is 17.3. The van der Waals surface area contributed by atoms with E-state index in [1.165, 1.54) is 0 Å². The molecule has 1 aromatic heterocycles. The SMILES string of the molecule is O=C(Nc1cccc(-c2ccncc2)c1)[C@H](Cc1ccccc1)NCCC1CCOCC1. The highest BCUT2D eigenvalue weighted by molar-refractivity contribution is 5.95. The van der Waals surface area contributed by atoms with Gasteiger partial charge in [-0.05, 0) is 79.1 Å². The van der Waals surface area contributed by atoms with Crippen molar-refractivity contribution >= 4 is 11.6 Å². The van der Waals surface area contributed by atoms with Crippen LogP contribution in [0.1, 0.15) is 24.8 Å². The van der Waals surface area contributed by atoms with E-state index in [2.05, 4.69) is 27.8 Å². The van der Waals surface area contributed by atoms with Gasteiger partial charge in [0.25, 0.3) is 0 Å². The molecule has 1 amide bonds. The van der Waals surface area contributed by atoms with Crippen LogP contribution in [0.5, 0.6) is 0 Å². The molecule has 1 saturated heterocycles. The molecule has 0 spiro atoms. The molecule has 166 valence electrons. The van der Waals surface area contributed by atoms with E-state index in [0.29, 0.717) is 12.3 Å². The first-order chi connectivity index (χ1) is 15.8. The largest absolute Gasteiger partial charge is 0.381 e. The molecule has 5 nitrogen and oxygen atoms in total. The van der Waals surface area contributed by atoms with E-state index in [4.69, 9.17) is 4.74 Å². The van der Waals surface area contributed by atoms with Crippen molar-refractivity contribution in [3.05, 3.63) is 84.7 Å². The molecule has 1 atom stereocenters. The standard InChI is InChI=1S/C27H31N3O2/c31-27(30-25-8-4-7-24(20-25)23-10-14-28-15-11-23)26(19-22-5-2-1-3-6-22)29-16-9-21-12-17-32-18-13-21/h1-8,10-11,14-15,20-21,26,29H,9,12-13,16-19H2,(H,30,31)/t26-/m0/s1. The monoisotopic (exact) mass is 429 g/mol. The predicted molar refractivity (Wildman–Crippen MR) is 128 cm³/mol. The summed E-state index contributed by atoms with van der Waals surface area (Å²) in [7, 11) is 0. The lowest BCUT2D eigenvalue weighted by molar-refractivity contribution is -0.118. The second-order valence-corrected chi connectivity index (χ2v) is 8.35. The summed E-state index contributed by atoms with van der Waals surface area (Å²) in [6.07, 6.45) is 7.50. The van der Waals surface area contributed by atoms with Crippen LogP contribution in [0, 0.1) is 5.92 Å². The van der Waals surface area contributed by atoms with Crippen LogP contribution in [-0.2, 0) is 16.0 Å². The van der Waals surface area contributed by atoms with Crippen molar-refractivity contribution in [1.29, 1.82) is 0 Å². The molecule has 5 heteroatoms. The fourth-order valence-electron chi connectivity index (χ4n) is 4.15. The van der Waals surface area contributed by atoms with Crippen molar-refractivity contribution in [2.75, 3.05) is 25.1 Å². The van der Waals surface area contributed by atoms with Gasteiger partial charge in [-0.15, -0.1) is 0 Å². The summed E-state index contributed by atoms with van der Waals surface area (Å²) in [6, 6.07) is 21.8. The van der Waals surface area contributed by atoms with E-state index in [0.717, 1.165) is 61.4 Å². The lowest BCUT2D eigenvalue weighted by atomic mass is 9.96. The summed E-state index contributed by atoms with van der Waals surface area (Å²) in [5.41, 5.74) is 4.08. The van der Waals surface area contributed by atoms with E-state index in [9.17, 15) is 4.79 Å². The molecule has 32 heavy (non-hydrogen) atoms. The topological polar surface area (TPSA) is 63.2 Å². The lowest BCUT2D eigenvalue weighted by Gasteiger charge is -2.24. The first-order valence-electron chi connectivity index (χ1n) is 11.4. The third kappa shape index (κ3) is 6.49. The number of carbonyl (C=O) groups excluding carboxylic acids is 1. The number of amides is 1. The number of pyridine rings is 1. The minimum absolute atomic E-state index is 0.00675. The second kappa shape index (κ2) is 11.6. The Morgan fingerprint density at radius 2 is 1.75 bits per heavy atom. The molecular weight excluding hydrogens is 398 g/mol. The van der Waals surface area contributed by atoms with Crippen molar-refractivity contribution in [1.82, 2.24) is 10.3 Å². The van der Waals surface area contributed by atoms with Crippen LogP contribution in [0.15, 0.2) is 79.1 Å². The number of carbonyl (C=O) groups is 1. The Bertz CT molecular complexity index is 972. The first kappa shape index (κ1) is 22.2. The fraction of sp³-hybridized carbons (Fsp3) is 0.333. The molecule has 1 aliphatic heterocycles. The number of nitrogens with one attached hydrogen (secondary N) is 2. The third-order valence-corrected chi connectivity index (χ3v) is 6.03. The molecule has 1 fully saturated rings. The van der Waals surface area contributed by atoms with Crippen LogP contribution in [0.25, 0.3) is 11.1 Å². The Morgan fingerprint density at radius 1 is 0.969 bits per heavy atom. The lowest BCUT2D eigenvalue weighted by Crippen LogP contribution is -2.43. The molecule has 2 heterocycles. The van der Waals surface area contributed by atoms with Gasteiger partial charge < -0.3 is 15.4 Å². The molecule has 0 radical (unpaired) electrons. The summed E-state index contributed by atoms with van der Waals surface area (Å²) in [5.74, 6) is 0.668. The molecule has 1 aliphatic rings. The fourth-order valence-corrected chi connectivity index (χ4v) is 4.15. The molecule has 4 rings (SSSR count). The maximum absolute atomic E-state index is 13.2. The number of nitrogens with zero attached hydrogens (tertiary/aromatic N) is 1. The third-order valence-electron chi connectivity index (χ3n) is 6.03. The Kier molecular flexibility index (Phi) is 8.01. The quantitative estimate of drug-likeness (QED) is 0.517. The van der Waals surface area contributed by atoms with Gasteiger partial charge >= 0.3 is 0 Å². The van der Waals surface area contributed by atoms with Crippen molar-refractivity contribution in [3.63, 3.8) is 0 Å². The Hall–Kier alpha value is -3.02. The van der Waals surface area contributed by atoms with E-state index in [-0.39, 0.29) is 11.9 Å². The van der Waals surface area contributed by atoms with Crippen LogP contribution < -0.4 is 10.6 Å². The van der Waals surface area contributed by atoms with Crippen LogP contribution in [0.3, 0.4) is 0 Å². The maximum atomic E-state index is 13.2. The van der Waals surface area contributed by atoms with E-state index in [1.807, 2.05) is 54.6 Å². The molecule has 0 saturated carbocycles. The zero-order valence-electron chi connectivity index (χ0n) is 18.4. The highest BCUT2D eigenvalue weighted by atomic mass is 16.5. The Morgan fingerprint density at radius 3 is 2.53 bits per heavy atom. The number of ether oxygens (including phenoxy) is 1. The second-order valence-electron chi connectivity index (χ2n) is 8.35. The molecular formula is C27H31N3O2. The van der Waals surface area contributed by atoms with Crippen molar-refractivity contribution < 1.29 is 9.53 Å². The van der Waals surface area contributed by atoms with Gasteiger partial charge in [0, 0.05) is 31.3 Å². The average molecular weight is 430 g/mol. The molecule has 2 N–H and O–H groups in total. The van der Waals surface area contributed by atoms with Gasteiger partial charge in [-0.25, -0.2) is 0 Å². The van der Waals surface area contributed by atoms with Gasteiger partial charge in [-0.3, -0.25) is 9.78 Å². The maximum Gasteiger partial charge on any atom is 0.241 e. The van der Waals surface area contributed by atoms with Crippen molar-refractivity contribution in [3.8, 4) is 11.1 Å². The average Bonchev–Trinajstić information content (AvgIpc) is 2.85. The van der Waals surface area contributed by atoms with Crippen LogP contribution >= 0.6 is 0 Å². The van der Waals surface area contributed by atoms with Crippen molar-refractivity contribution in [2.24, 2.45) is 5.92 Å². The van der Waals surface area contributed by atoms with E-state index < -0.39 is 0 Å². The molecule has 0 aliphatic carbocycles. The van der Waals surface area contributed by atoms with Gasteiger partial charge in [0.05, 0.1) is 6.04 Å². The van der Waals surface area contributed by atoms with Gasteiger partial charge in [-0.1, -0.05) is 42.5 Å². The molecule has 0 bridgehead atoms. The van der Waals surface area contributed by atoms with Gasteiger partial charge in [0.15, 0.2) is 0 Å². The van der Waals surface area contributed by atoms with Crippen LogP contribution in [0.4, 0.5) is 5.69 Å². The number of benzene rings is 2. The first-order valence-corrected chi connectivity index (χ1v) is 11.4. The van der Waals surface area contributed by atoms with Gasteiger partial charge in [0.1, 0.15) is 0 Å². The minimum Gasteiger partial charge on any atom is -0.381 e. The van der Waals surface area contributed by atoms with Crippen molar-refractivity contribution in [2.45, 2.75) is 31.7 Å². The van der Waals surface area contributed by atoms with E-state index >= 15 is 0 Å². The minimum atomic E-state index is -0.290. The number of anilines is 1. The Labute approximate surface area is 190 Å². The van der Waals surface area contributed by atoms with E-state index in [1.54, 1.807) is 12.4 Å². The van der Waals surface area contributed by atoms with Crippen LogP contribution in [-0.4, -0.2) is 36.7 Å². The number of aromatic nitrogens is 1. The van der Waals surface area contributed by atoms with Crippen LogP contribution in [0.2, 0.25) is 0 Å². The Balaban J connectivity index is 1.42. The zero-order valence-corrected chi connectivity index (χ0v) is 18.4. The summed E-state index contributed by atoms with van der Waals surface area (Å²) < 4.78 is 5.46. The molecule has 3 aromatic rings. The summed E-state index contributed by atoms with van der Waals surface area (Å²) >= 11 is 0. The zero-order chi connectivity index (χ0) is 22.0.